The molecule has 0 fully saturated rings. The molecule has 1 aromatic heterocycles. The Hall–Kier alpha value is -2.01. The van der Waals surface area contributed by atoms with E-state index in [0.29, 0.717) is 23.5 Å². The molecule has 1 aromatic carbocycles. The minimum Gasteiger partial charge on any atom is -0.493 e. The van der Waals surface area contributed by atoms with Gasteiger partial charge in [-0.2, -0.15) is 5.10 Å². The number of rotatable bonds is 6. The summed E-state index contributed by atoms with van der Waals surface area (Å²) in [4.78, 5) is 4.10. The second-order valence-corrected chi connectivity index (χ2v) is 5.98. The Morgan fingerprint density at radius 2 is 2.23 bits per heavy atom. The van der Waals surface area contributed by atoms with Gasteiger partial charge in [0.1, 0.15) is 5.75 Å². The fraction of sp³-hybridized carbons (Fsp3) is 0.375. The van der Waals surface area contributed by atoms with Gasteiger partial charge < -0.3 is 10.5 Å². The van der Waals surface area contributed by atoms with Gasteiger partial charge in [-0.15, -0.1) is 0 Å². The van der Waals surface area contributed by atoms with E-state index in [1.165, 1.54) is 4.68 Å². The predicted molar refractivity (Wildman–Crippen MR) is 90.8 cm³/mol. The van der Waals surface area contributed by atoms with Crippen LogP contribution in [-0.2, 0) is 0 Å². The van der Waals surface area contributed by atoms with Gasteiger partial charge in [-0.1, -0.05) is 25.4 Å². The summed E-state index contributed by atoms with van der Waals surface area (Å²) in [5, 5.41) is 4.94. The highest BCUT2D eigenvalue weighted by Crippen LogP contribution is 2.22. The standard InChI is InChI=1S/C16H21ClN4O/c1-11(2)6-7-22-15-5-4-14(17)8-13(15)9-19-21-10-12(3)20-16(21)18/h4-5,8-11H,6-7H2,1-3H3,(H2,18,20). The Morgan fingerprint density at radius 3 is 2.86 bits per heavy atom. The van der Waals surface area contributed by atoms with Crippen molar-refractivity contribution < 1.29 is 4.74 Å². The summed E-state index contributed by atoms with van der Waals surface area (Å²) in [6.07, 6.45) is 4.43. The van der Waals surface area contributed by atoms with E-state index in [1.54, 1.807) is 18.5 Å². The second kappa shape index (κ2) is 7.31. The number of nitrogen functional groups attached to an aromatic ring is 1. The minimum atomic E-state index is 0.345. The van der Waals surface area contributed by atoms with Gasteiger partial charge in [-0.3, -0.25) is 0 Å². The minimum absolute atomic E-state index is 0.345. The molecule has 2 aromatic rings. The molecule has 0 atom stereocenters. The molecule has 0 aliphatic heterocycles. The molecular formula is C16H21ClN4O. The summed E-state index contributed by atoms with van der Waals surface area (Å²) in [5.41, 5.74) is 7.39. The molecular weight excluding hydrogens is 300 g/mol. The molecule has 2 rings (SSSR count). The SMILES string of the molecule is Cc1cn(N=Cc2cc(Cl)ccc2OCCC(C)C)c(N)n1. The summed E-state index contributed by atoms with van der Waals surface area (Å²) in [5.74, 6) is 1.69. The van der Waals surface area contributed by atoms with Crippen molar-refractivity contribution in [3.05, 3.63) is 40.7 Å². The van der Waals surface area contributed by atoms with Crippen LogP contribution in [0.4, 0.5) is 5.95 Å². The highest BCUT2D eigenvalue weighted by atomic mass is 35.5. The number of nitrogens with two attached hydrogens (primary N) is 1. The molecule has 0 saturated carbocycles. The molecule has 0 radical (unpaired) electrons. The van der Waals surface area contributed by atoms with Crippen LogP contribution in [0, 0.1) is 12.8 Å². The summed E-state index contributed by atoms with van der Waals surface area (Å²) in [6.45, 7) is 6.85. The van der Waals surface area contributed by atoms with E-state index in [-0.39, 0.29) is 0 Å². The van der Waals surface area contributed by atoms with Crippen molar-refractivity contribution in [3.63, 3.8) is 0 Å². The lowest BCUT2D eigenvalue weighted by Crippen LogP contribution is -2.04. The third-order valence-corrected chi connectivity index (χ3v) is 3.32. The molecule has 0 amide bonds. The summed E-state index contributed by atoms with van der Waals surface area (Å²) >= 11 is 6.06. The van der Waals surface area contributed by atoms with Crippen LogP contribution in [-0.4, -0.2) is 22.5 Å². The van der Waals surface area contributed by atoms with Crippen LogP contribution in [0.3, 0.4) is 0 Å². The van der Waals surface area contributed by atoms with Crippen LogP contribution >= 0.6 is 11.6 Å². The smallest absolute Gasteiger partial charge is 0.221 e. The fourth-order valence-electron chi connectivity index (χ4n) is 1.88. The molecule has 118 valence electrons. The van der Waals surface area contributed by atoms with E-state index in [4.69, 9.17) is 22.1 Å². The van der Waals surface area contributed by atoms with Crippen LogP contribution in [0.2, 0.25) is 5.02 Å². The molecule has 5 nitrogen and oxygen atoms in total. The van der Waals surface area contributed by atoms with Crippen LogP contribution in [0.15, 0.2) is 29.5 Å². The van der Waals surface area contributed by atoms with Crippen molar-refractivity contribution in [2.24, 2.45) is 11.0 Å². The number of aryl methyl sites for hydroxylation is 1. The largest absolute Gasteiger partial charge is 0.493 e. The number of imidazole rings is 1. The quantitative estimate of drug-likeness (QED) is 0.825. The molecule has 6 heteroatoms. The van der Waals surface area contributed by atoms with Crippen molar-refractivity contribution in [1.82, 2.24) is 9.66 Å². The summed E-state index contributed by atoms with van der Waals surface area (Å²) < 4.78 is 7.34. The number of hydrogen-bond acceptors (Lipinski definition) is 4. The molecule has 0 aliphatic rings. The third-order valence-electron chi connectivity index (χ3n) is 3.08. The monoisotopic (exact) mass is 320 g/mol. The van der Waals surface area contributed by atoms with Gasteiger partial charge in [0.25, 0.3) is 0 Å². The van der Waals surface area contributed by atoms with E-state index in [9.17, 15) is 0 Å². The lowest BCUT2D eigenvalue weighted by molar-refractivity contribution is 0.289. The lowest BCUT2D eigenvalue weighted by Gasteiger charge is -2.10. The zero-order valence-corrected chi connectivity index (χ0v) is 13.8. The number of halogens is 1. The first-order valence-electron chi connectivity index (χ1n) is 7.24. The first kappa shape index (κ1) is 16.4. The average molecular weight is 321 g/mol. The van der Waals surface area contributed by atoms with Crippen LogP contribution in [0.5, 0.6) is 5.75 Å². The molecule has 0 bridgehead atoms. The second-order valence-electron chi connectivity index (χ2n) is 5.54. The van der Waals surface area contributed by atoms with Gasteiger partial charge in [0.05, 0.1) is 24.7 Å². The van der Waals surface area contributed by atoms with E-state index >= 15 is 0 Å². The number of benzene rings is 1. The average Bonchev–Trinajstić information content (AvgIpc) is 2.76. The first-order valence-corrected chi connectivity index (χ1v) is 7.61. The van der Waals surface area contributed by atoms with Crippen LogP contribution in [0.1, 0.15) is 31.5 Å². The fourth-order valence-corrected chi connectivity index (χ4v) is 2.06. The van der Waals surface area contributed by atoms with Crippen molar-refractivity contribution in [2.45, 2.75) is 27.2 Å². The normalized spacial score (nSPS) is 11.5. The zero-order valence-electron chi connectivity index (χ0n) is 13.1. The number of ether oxygens (including phenoxy) is 1. The van der Waals surface area contributed by atoms with Gasteiger partial charge in [0.15, 0.2) is 0 Å². The number of aromatic nitrogens is 2. The van der Waals surface area contributed by atoms with Gasteiger partial charge in [-0.25, -0.2) is 9.66 Å². The van der Waals surface area contributed by atoms with Crippen molar-refractivity contribution in [2.75, 3.05) is 12.3 Å². The maximum atomic E-state index is 6.06. The molecule has 1 heterocycles. The Morgan fingerprint density at radius 1 is 1.45 bits per heavy atom. The lowest BCUT2D eigenvalue weighted by atomic mass is 10.1. The number of hydrogen-bond donors (Lipinski definition) is 1. The van der Waals surface area contributed by atoms with Crippen LogP contribution in [0.25, 0.3) is 0 Å². The maximum Gasteiger partial charge on any atom is 0.221 e. The van der Waals surface area contributed by atoms with Crippen molar-refractivity contribution >= 4 is 23.8 Å². The molecule has 0 unspecified atom stereocenters. The molecule has 0 aliphatic carbocycles. The number of nitrogens with zero attached hydrogens (tertiary/aromatic N) is 3. The van der Waals surface area contributed by atoms with E-state index in [2.05, 4.69) is 23.9 Å². The topological polar surface area (TPSA) is 65.4 Å². The molecule has 0 spiro atoms. The Kier molecular flexibility index (Phi) is 5.44. The van der Waals surface area contributed by atoms with Gasteiger partial charge in [0, 0.05) is 10.6 Å². The summed E-state index contributed by atoms with van der Waals surface area (Å²) in [7, 11) is 0. The van der Waals surface area contributed by atoms with Crippen LogP contribution < -0.4 is 10.5 Å². The maximum absolute atomic E-state index is 6.06. The Labute approximate surface area is 135 Å². The summed E-state index contributed by atoms with van der Waals surface area (Å²) in [6, 6.07) is 5.47. The highest BCUT2D eigenvalue weighted by molar-refractivity contribution is 6.30. The van der Waals surface area contributed by atoms with E-state index < -0.39 is 0 Å². The first-order chi connectivity index (χ1) is 10.5. The van der Waals surface area contributed by atoms with Gasteiger partial charge >= 0.3 is 0 Å². The Balaban J connectivity index is 2.18. The molecule has 22 heavy (non-hydrogen) atoms. The van der Waals surface area contributed by atoms with Gasteiger partial charge in [-0.05, 0) is 37.5 Å². The van der Waals surface area contributed by atoms with Gasteiger partial charge in [0.2, 0.25) is 5.95 Å². The number of anilines is 1. The Bertz CT molecular complexity index is 664. The molecule has 0 saturated heterocycles. The van der Waals surface area contributed by atoms with E-state index in [1.807, 2.05) is 19.1 Å². The highest BCUT2D eigenvalue weighted by Gasteiger charge is 2.05. The zero-order chi connectivity index (χ0) is 16.1. The van der Waals surface area contributed by atoms with E-state index in [0.717, 1.165) is 23.4 Å². The van der Waals surface area contributed by atoms with Crippen molar-refractivity contribution in [3.8, 4) is 5.75 Å². The molecule has 2 N–H and O–H groups in total. The third kappa shape index (κ3) is 4.49. The predicted octanol–water partition coefficient (Wildman–Crippen LogP) is 3.73. The van der Waals surface area contributed by atoms with Crippen molar-refractivity contribution in [1.29, 1.82) is 0 Å².